The average Bonchev–Trinajstić information content (AvgIpc) is 2.38. The first-order valence-corrected chi connectivity index (χ1v) is 7.72. The highest BCUT2D eigenvalue weighted by molar-refractivity contribution is 4.86. The van der Waals surface area contributed by atoms with Crippen molar-refractivity contribution >= 4 is 0 Å². The third-order valence-electron chi connectivity index (χ3n) is 4.65. The standard InChI is InChI=1S/C16H30O3/c1-11(2)14-9-19-15(10-18-14)13-8-12(6-7-17-13)16(3,4)5/h11-15H,6-10H2,1-5H3. The van der Waals surface area contributed by atoms with Gasteiger partial charge < -0.3 is 14.2 Å². The zero-order chi connectivity index (χ0) is 14.0. The molecule has 0 spiro atoms. The summed E-state index contributed by atoms with van der Waals surface area (Å²) in [6.07, 6.45) is 2.86. The molecule has 2 rings (SSSR count). The molecule has 0 aromatic heterocycles. The van der Waals surface area contributed by atoms with Crippen LogP contribution < -0.4 is 0 Å². The second-order valence-corrected chi connectivity index (χ2v) is 7.48. The minimum atomic E-state index is 0.125. The van der Waals surface area contributed by atoms with Gasteiger partial charge in [-0.15, -0.1) is 0 Å². The number of hydrogen-bond acceptors (Lipinski definition) is 3. The van der Waals surface area contributed by atoms with Crippen LogP contribution in [0.5, 0.6) is 0 Å². The van der Waals surface area contributed by atoms with Crippen LogP contribution in [0.4, 0.5) is 0 Å². The van der Waals surface area contributed by atoms with E-state index in [9.17, 15) is 0 Å². The van der Waals surface area contributed by atoms with Gasteiger partial charge in [-0.05, 0) is 30.1 Å². The van der Waals surface area contributed by atoms with Gasteiger partial charge in [0.05, 0.1) is 25.4 Å². The lowest BCUT2D eigenvalue weighted by molar-refractivity contribution is -0.198. The van der Waals surface area contributed by atoms with Crippen LogP contribution in [-0.4, -0.2) is 38.1 Å². The van der Waals surface area contributed by atoms with Crippen molar-refractivity contribution < 1.29 is 14.2 Å². The van der Waals surface area contributed by atoms with Crippen molar-refractivity contribution in [3.05, 3.63) is 0 Å². The summed E-state index contributed by atoms with van der Waals surface area (Å²) in [5.74, 6) is 1.24. The van der Waals surface area contributed by atoms with E-state index in [4.69, 9.17) is 14.2 Å². The van der Waals surface area contributed by atoms with E-state index in [1.807, 2.05) is 0 Å². The predicted molar refractivity (Wildman–Crippen MR) is 76.2 cm³/mol. The van der Waals surface area contributed by atoms with Gasteiger partial charge in [0.25, 0.3) is 0 Å². The molecule has 4 atom stereocenters. The van der Waals surface area contributed by atoms with Crippen LogP contribution in [0.25, 0.3) is 0 Å². The van der Waals surface area contributed by atoms with Crippen LogP contribution in [0.3, 0.4) is 0 Å². The van der Waals surface area contributed by atoms with E-state index >= 15 is 0 Å². The first-order valence-electron chi connectivity index (χ1n) is 7.72. The monoisotopic (exact) mass is 270 g/mol. The summed E-state index contributed by atoms with van der Waals surface area (Å²) in [5, 5.41) is 0. The summed E-state index contributed by atoms with van der Waals surface area (Å²) in [5.41, 5.74) is 0.359. The van der Waals surface area contributed by atoms with Gasteiger partial charge >= 0.3 is 0 Å². The van der Waals surface area contributed by atoms with Crippen LogP contribution in [0, 0.1) is 17.3 Å². The number of hydrogen-bond donors (Lipinski definition) is 0. The smallest absolute Gasteiger partial charge is 0.107 e. The average molecular weight is 270 g/mol. The van der Waals surface area contributed by atoms with E-state index in [0.29, 0.717) is 24.5 Å². The van der Waals surface area contributed by atoms with Crippen LogP contribution >= 0.6 is 0 Å². The molecule has 19 heavy (non-hydrogen) atoms. The minimum absolute atomic E-state index is 0.125. The molecule has 4 unspecified atom stereocenters. The molecule has 0 aromatic rings. The van der Waals surface area contributed by atoms with Crippen LogP contribution in [0.15, 0.2) is 0 Å². The quantitative estimate of drug-likeness (QED) is 0.771. The molecule has 0 N–H and O–H groups in total. The van der Waals surface area contributed by atoms with Crippen molar-refractivity contribution in [2.75, 3.05) is 19.8 Å². The summed E-state index contributed by atoms with van der Waals surface area (Å²) in [7, 11) is 0. The first-order chi connectivity index (χ1) is 8.88. The van der Waals surface area contributed by atoms with Gasteiger partial charge in [-0.3, -0.25) is 0 Å². The maximum Gasteiger partial charge on any atom is 0.107 e. The van der Waals surface area contributed by atoms with Crippen molar-refractivity contribution in [1.82, 2.24) is 0 Å². The minimum Gasteiger partial charge on any atom is -0.375 e. The van der Waals surface area contributed by atoms with E-state index in [-0.39, 0.29) is 18.3 Å². The molecular weight excluding hydrogens is 240 g/mol. The zero-order valence-corrected chi connectivity index (χ0v) is 13.1. The second-order valence-electron chi connectivity index (χ2n) is 7.48. The van der Waals surface area contributed by atoms with Gasteiger partial charge in [0, 0.05) is 6.61 Å². The van der Waals surface area contributed by atoms with Crippen LogP contribution in [0.2, 0.25) is 0 Å². The summed E-state index contributed by atoms with van der Waals surface area (Å²) < 4.78 is 17.9. The summed E-state index contributed by atoms with van der Waals surface area (Å²) in [6.45, 7) is 13.6. The molecule has 0 radical (unpaired) electrons. The maximum atomic E-state index is 6.00. The van der Waals surface area contributed by atoms with Crippen LogP contribution in [-0.2, 0) is 14.2 Å². The SMILES string of the molecule is CC(C)C1COC(C2CC(C(C)(C)C)CCO2)CO1. The van der Waals surface area contributed by atoms with Crippen LogP contribution in [0.1, 0.15) is 47.5 Å². The van der Waals surface area contributed by atoms with Gasteiger partial charge in [-0.25, -0.2) is 0 Å². The molecule has 2 aliphatic heterocycles. The fraction of sp³-hybridized carbons (Fsp3) is 1.00. The van der Waals surface area contributed by atoms with E-state index < -0.39 is 0 Å². The van der Waals surface area contributed by atoms with Gasteiger partial charge in [-0.2, -0.15) is 0 Å². The third kappa shape index (κ3) is 3.93. The van der Waals surface area contributed by atoms with Gasteiger partial charge in [-0.1, -0.05) is 34.6 Å². The first kappa shape index (κ1) is 15.3. The molecule has 0 aliphatic carbocycles. The topological polar surface area (TPSA) is 27.7 Å². The van der Waals surface area contributed by atoms with Crippen molar-refractivity contribution in [3.63, 3.8) is 0 Å². The van der Waals surface area contributed by atoms with E-state index in [1.54, 1.807) is 0 Å². The molecule has 0 saturated carbocycles. The number of ether oxygens (including phenoxy) is 3. The predicted octanol–water partition coefficient (Wildman–Crippen LogP) is 3.27. The highest BCUT2D eigenvalue weighted by Crippen LogP contribution is 2.37. The lowest BCUT2D eigenvalue weighted by atomic mass is 9.74. The normalized spacial score (nSPS) is 37.6. The largest absolute Gasteiger partial charge is 0.375 e. The Hall–Kier alpha value is -0.120. The molecule has 0 amide bonds. The Morgan fingerprint density at radius 2 is 1.68 bits per heavy atom. The highest BCUT2D eigenvalue weighted by atomic mass is 16.6. The van der Waals surface area contributed by atoms with Gasteiger partial charge in [0.1, 0.15) is 6.10 Å². The Labute approximate surface area is 118 Å². The molecule has 3 nitrogen and oxygen atoms in total. The molecule has 0 aromatic carbocycles. The molecular formula is C16H30O3. The summed E-state index contributed by atoms with van der Waals surface area (Å²) in [6, 6.07) is 0. The lowest BCUT2D eigenvalue weighted by Crippen LogP contribution is -2.48. The summed E-state index contributed by atoms with van der Waals surface area (Å²) in [4.78, 5) is 0. The zero-order valence-electron chi connectivity index (χ0n) is 13.1. The van der Waals surface area contributed by atoms with E-state index in [2.05, 4.69) is 34.6 Å². The maximum absolute atomic E-state index is 6.00. The van der Waals surface area contributed by atoms with E-state index in [1.165, 1.54) is 6.42 Å². The second kappa shape index (κ2) is 6.11. The van der Waals surface area contributed by atoms with Crippen molar-refractivity contribution in [1.29, 1.82) is 0 Å². The molecule has 0 bridgehead atoms. The highest BCUT2D eigenvalue weighted by Gasteiger charge is 2.37. The molecule has 3 heteroatoms. The summed E-state index contributed by atoms with van der Waals surface area (Å²) >= 11 is 0. The Morgan fingerprint density at radius 3 is 2.21 bits per heavy atom. The number of rotatable bonds is 2. The lowest BCUT2D eigenvalue weighted by Gasteiger charge is -2.42. The van der Waals surface area contributed by atoms with Crippen molar-refractivity contribution in [2.45, 2.75) is 65.8 Å². The third-order valence-corrected chi connectivity index (χ3v) is 4.65. The Kier molecular flexibility index (Phi) is 4.91. The van der Waals surface area contributed by atoms with Crippen molar-refractivity contribution in [2.24, 2.45) is 17.3 Å². The molecule has 2 saturated heterocycles. The van der Waals surface area contributed by atoms with Gasteiger partial charge in [0.15, 0.2) is 0 Å². The molecule has 112 valence electrons. The fourth-order valence-electron chi connectivity index (χ4n) is 3.01. The molecule has 2 aliphatic rings. The molecule has 2 heterocycles. The van der Waals surface area contributed by atoms with Crippen molar-refractivity contribution in [3.8, 4) is 0 Å². The van der Waals surface area contributed by atoms with Gasteiger partial charge in [0.2, 0.25) is 0 Å². The fourth-order valence-corrected chi connectivity index (χ4v) is 3.01. The van der Waals surface area contributed by atoms with E-state index in [0.717, 1.165) is 18.9 Å². The Balaban J connectivity index is 1.86. The molecule has 2 fully saturated rings. The Bertz CT molecular complexity index is 274. The Morgan fingerprint density at radius 1 is 0.947 bits per heavy atom.